The maximum Gasteiger partial charge on any atom is 0.343 e. The fourth-order valence-corrected chi connectivity index (χ4v) is 4.06. The van der Waals surface area contributed by atoms with E-state index in [0.717, 1.165) is 12.5 Å². The second kappa shape index (κ2) is 8.78. The van der Waals surface area contributed by atoms with E-state index < -0.39 is 28.9 Å². The Kier molecular flexibility index (Phi) is 6.50. The first-order chi connectivity index (χ1) is 14.6. The van der Waals surface area contributed by atoms with Crippen LogP contribution in [0.1, 0.15) is 57.3 Å². The number of halogens is 1. The number of pyridine rings is 2. The number of esters is 1. The molecule has 1 saturated heterocycles. The van der Waals surface area contributed by atoms with Crippen LogP contribution in [0, 0.1) is 5.82 Å². The average Bonchev–Trinajstić information content (AvgIpc) is 3.17. The Morgan fingerprint density at radius 2 is 2.19 bits per heavy atom. The first-order valence-electron chi connectivity index (χ1n) is 10.6. The number of rotatable bonds is 6. The van der Waals surface area contributed by atoms with Crippen LogP contribution in [0.25, 0.3) is 11.0 Å². The molecule has 3 rings (SSSR count). The second-order valence-corrected chi connectivity index (χ2v) is 8.79. The number of carbonyl (C=O) groups is 1. The Morgan fingerprint density at radius 3 is 2.81 bits per heavy atom. The predicted octanol–water partition coefficient (Wildman–Crippen LogP) is 3.37. The molecule has 0 radical (unpaired) electrons. The summed E-state index contributed by atoms with van der Waals surface area (Å²) in [6, 6.07) is 0.853. The predicted molar refractivity (Wildman–Crippen MR) is 118 cm³/mol. The molecule has 1 fully saturated rings. The van der Waals surface area contributed by atoms with Gasteiger partial charge in [-0.1, -0.05) is 6.08 Å². The highest BCUT2D eigenvalue weighted by molar-refractivity contribution is 5.93. The lowest BCUT2D eigenvalue weighted by Crippen LogP contribution is -2.40. The summed E-state index contributed by atoms with van der Waals surface area (Å²) in [6.45, 7) is 11.7. The molecule has 8 heteroatoms. The fourth-order valence-electron chi connectivity index (χ4n) is 4.06. The molecule has 0 bridgehead atoms. The van der Waals surface area contributed by atoms with Gasteiger partial charge in [0.25, 0.3) is 0 Å². The second-order valence-electron chi connectivity index (χ2n) is 8.79. The van der Waals surface area contributed by atoms with Crippen molar-refractivity contribution in [2.45, 2.75) is 64.6 Å². The monoisotopic (exact) mass is 431 g/mol. The standard InChI is InChI=1S/C23H30FN3O4/c1-6-9-18(28)17-10-8-11-26(17)21-16(24)12-14-19(29)15(22(30)31-7-2)13-27(20(14)25-21)23(3,4)5/h6,12-13,17-18,28H,1,7-11H2,2-5H3/t17-,18-/m0/s1. The summed E-state index contributed by atoms with van der Waals surface area (Å²) in [6.07, 6.45) is 4.29. The van der Waals surface area contributed by atoms with Crippen LogP contribution in [0.3, 0.4) is 0 Å². The summed E-state index contributed by atoms with van der Waals surface area (Å²) in [5, 5.41) is 10.5. The van der Waals surface area contributed by atoms with E-state index >= 15 is 4.39 Å². The normalized spacial score (nSPS) is 17.7. The third-order valence-corrected chi connectivity index (χ3v) is 5.55. The van der Waals surface area contributed by atoms with E-state index in [1.54, 1.807) is 22.5 Å². The van der Waals surface area contributed by atoms with Gasteiger partial charge in [-0.15, -0.1) is 6.58 Å². The minimum atomic E-state index is -0.746. The quantitative estimate of drug-likeness (QED) is 0.558. The molecule has 1 aliphatic rings. The number of aliphatic hydroxyl groups excluding tert-OH is 1. The molecule has 2 aromatic rings. The van der Waals surface area contributed by atoms with Crippen molar-refractivity contribution in [1.29, 1.82) is 0 Å². The topological polar surface area (TPSA) is 84.7 Å². The number of ether oxygens (including phenoxy) is 1. The number of carbonyl (C=O) groups excluding carboxylic acids is 1. The van der Waals surface area contributed by atoms with Gasteiger partial charge in [-0.25, -0.2) is 14.2 Å². The molecule has 0 spiro atoms. The number of aliphatic hydroxyl groups is 1. The van der Waals surface area contributed by atoms with Crippen LogP contribution in [-0.4, -0.2) is 45.9 Å². The van der Waals surface area contributed by atoms with Gasteiger partial charge in [0.1, 0.15) is 11.2 Å². The summed E-state index contributed by atoms with van der Waals surface area (Å²) < 4.78 is 21.9. The SMILES string of the molecule is C=CC[C@H](O)[C@@H]1CCCN1c1nc2c(cc1F)c(=O)c(C(=O)OCC)cn2C(C)(C)C. The Hall–Kier alpha value is -2.74. The minimum Gasteiger partial charge on any atom is -0.462 e. The molecule has 0 aliphatic carbocycles. The van der Waals surface area contributed by atoms with Gasteiger partial charge >= 0.3 is 5.97 Å². The highest BCUT2D eigenvalue weighted by atomic mass is 19.1. The smallest absolute Gasteiger partial charge is 0.343 e. The number of anilines is 1. The summed E-state index contributed by atoms with van der Waals surface area (Å²) in [7, 11) is 0. The van der Waals surface area contributed by atoms with Crippen LogP contribution < -0.4 is 10.3 Å². The van der Waals surface area contributed by atoms with Crippen LogP contribution in [0.4, 0.5) is 10.2 Å². The van der Waals surface area contributed by atoms with Crippen molar-refractivity contribution in [2.24, 2.45) is 0 Å². The summed E-state index contributed by atoms with van der Waals surface area (Å²) in [5.74, 6) is -1.31. The number of nitrogens with zero attached hydrogens (tertiary/aromatic N) is 3. The van der Waals surface area contributed by atoms with Crippen molar-refractivity contribution >= 4 is 22.8 Å². The molecule has 31 heavy (non-hydrogen) atoms. The van der Waals surface area contributed by atoms with Crippen LogP contribution in [0.2, 0.25) is 0 Å². The molecule has 0 unspecified atom stereocenters. The van der Waals surface area contributed by atoms with Gasteiger partial charge in [-0.2, -0.15) is 0 Å². The van der Waals surface area contributed by atoms with E-state index in [1.807, 2.05) is 20.8 Å². The number of hydrogen-bond donors (Lipinski definition) is 1. The maximum atomic E-state index is 15.2. The summed E-state index contributed by atoms with van der Waals surface area (Å²) in [5.41, 5.74) is -1.02. The molecule has 2 atom stereocenters. The molecular weight excluding hydrogens is 401 g/mol. The molecule has 3 heterocycles. The molecule has 168 valence electrons. The number of fused-ring (bicyclic) bond motifs is 1. The van der Waals surface area contributed by atoms with Gasteiger partial charge in [-0.3, -0.25) is 4.79 Å². The Bertz CT molecular complexity index is 1060. The van der Waals surface area contributed by atoms with Crippen LogP contribution in [0.15, 0.2) is 29.7 Å². The van der Waals surface area contributed by atoms with Crippen molar-refractivity contribution in [2.75, 3.05) is 18.1 Å². The first-order valence-corrected chi connectivity index (χ1v) is 10.6. The fraction of sp³-hybridized carbons (Fsp3) is 0.522. The average molecular weight is 432 g/mol. The van der Waals surface area contributed by atoms with E-state index in [0.29, 0.717) is 19.4 Å². The van der Waals surface area contributed by atoms with Gasteiger partial charge in [0.15, 0.2) is 11.6 Å². The molecule has 1 N–H and O–H groups in total. The lowest BCUT2D eigenvalue weighted by molar-refractivity contribution is 0.0523. The molecular formula is C23H30FN3O4. The van der Waals surface area contributed by atoms with Crippen LogP contribution >= 0.6 is 0 Å². The minimum absolute atomic E-state index is 0.0177. The van der Waals surface area contributed by atoms with Gasteiger partial charge < -0.3 is 19.3 Å². The third-order valence-electron chi connectivity index (χ3n) is 5.55. The van der Waals surface area contributed by atoms with E-state index in [1.165, 1.54) is 6.20 Å². The van der Waals surface area contributed by atoms with Gasteiger partial charge in [0.05, 0.1) is 24.1 Å². The highest BCUT2D eigenvalue weighted by Crippen LogP contribution is 2.31. The third kappa shape index (κ3) is 4.35. The molecule has 1 aliphatic heterocycles. The first kappa shape index (κ1) is 22.9. The van der Waals surface area contributed by atoms with Crippen molar-refractivity contribution in [3.8, 4) is 0 Å². The highest BCUT2D eigenvalue weighted by Gasteiger charge is 2.33. The number of hydrogen-bond acceptors (Lipinski definition) is 6. The molecule has 7 nitrogen and oxygen atoms in total. The zero-order chi connectivity index (χ0) is 22.9. The maximum absolute atomic E-state index is 15.2. The van der Waals surface area contributed by atoms with E-state index in [9.17, 15) is 14.7 Å². The molecule has 2 aromatic heterocycles. The largest absolute Gasteiger partial charge is 0.462 e. The zero-order valence-corrected chi connectivity index (χ0v) is 18.5. The van der Waals surface area contributed by atoms with Crippen LogP contribution in [-0.2, 0) is 10.3 Å². The molecule has 0 amide bonds. The lowest BCUT2D eigenvalue weighted by Gasteiger charge is -2.31. The summed E-state index contributed by atoms with van der Waals surface area (Å²) in [4.78, 5) is 31.6. The van der Waals surface area contributed by atoms with E-state index in [-0.39, 0.29) is 35.1 Å². The Labute approximate surface area is 181 Å². The molecule has 0 saturated carbocycles. The van der Waals surface area contributed by atoms with Gasteiger partial charge in [-0.05, 0) is 53.0 Å². The van der Waals surface area contributed by atoms with Crippen molar-refractivity contribution in [3.05, 3.63) is 46.5 Å². The summed E-state index contributed by atoms with van der Waals surface area (Å²) >= 11 is 0. The lowest BCUT2D eigenvalue weighted by atomic mass is 10.0. The molecule has 0 aromatic carbocycles. The van der Waals surface area contributed by atoms with E-state index in [2.05, 4.69) is 11.6 Å². The van der Waals surface area contributed by atoms with Crippen LogP contribution in [0.5, 0.6) is 0 Å². The van der Waals surface area contributed by atoms with E-state index in [4.69, 9.17) is 4.74 Å². The Morgan fingerprint density at radius 1 is 1.48 bits per heavy atom. The zero-order valence-electron chi connectivity index (χ0n) is 18.5. The van der Waals surface area contributed by atoms with Gasteiger partial charge in [0, 0.05) is 18.3 Å². The Balaban J connectivity index is 2.23. The van der Waals surface area contributed by atoms with Crippen molar-refractivity contribution in [1.82, 2.24) is 9.55 Å². The number of aromatic nitrogens is 2. The van der Waals surface area contributed by atoms with Crippen molar-refractivity contribution < 1.29 is 19.0 Å². The van der Waals surface area contributed by atoms with Gasteiger partial charge in [0.2, 0.25) is 5.43 Å². The van der Waals surface area contributed by atoms with Crippen molar-refractivity contribution in [3.63, 3.8) is 0 Å².